The number of carbonyl (C=O) groups excluding carboxylic acids is 2. The molecule has 0 radical (unpaired) electrons. The molecule has 0 bridgehead atoms. The Bertz CT molecular complexity index is 848. The fourth-order valence-corrected chi connectivity index (χ4v) is 3.66. The molecule has 1 saturated heterocycles. The molecule has 1 heterocycles. The highest BCUT2D eigenvalue weighted by atomic mass is 19.1. The van der Waals surface area contributed by atoms with Crippen LogP contribution in [0.4, 0.5) is 4.39 Å². The maximum absolute atomic E-state index is 13.2. The lowest BCUT2D eigenvalue weighted by Gasteiger charge is -2.32. The molecule has 1 aliphatic rings. The summed E-state index contributed by atoms with van der Waals surface area (Å²) in [4.78, 5) is 26.5. The van der Waals surface area contributed by atoms with Gasteiger partial charge in [0.1, 0.15) is 5.82 Å². The molecule has 1 fully saturated rings. The summed E-state index contributed by atoms with van der Waals surface area (Å²) >= 11 is 0. The van der Waals surface area contributed by atoms with E-state index in [0.717, 1.165) is 32.5 Å². The fourth-order valence-electron chi connectivity index (χ4n) is 3.66. The number of rotatable bonds is 7. The standard InChI is InChI=1S/C23H28FN3O2/c1-17-4-2-6-19(12-17)16-27-10-8-21(9-11-27)26-23(29)15-25-22(28)14-18-5-3-7-20(24)13-18/h2-7,12-13,21H,8-11,14-16H2,1H3,(H,25,28)(H,26,29). The maximum atomic E-state index is 13.2. The summed E-state index contributed by atoms with van der Waals surface area (Å²) in [5, 5.41) is 5.60. The van der Waals surface area contributed by atoms with Crippen LogP contribution < -0.4 is 10.6 Å². The molecule has 2 N–H and O–H groups in total. The molecule has 154 valence electrons. The molecule has 5 nitrogen and oxygen atoms in total. The summed E-state index contributed by atoms with van der Waals surface area (Å²) in [7, 11) is 0. The lowest BCUT2D eigenvalue weighted by atomic mass is 10.0. The quantitative estimate of drug-likeness (QED) is 0.755. The van der Waals surface area contributed by atoms with E-state index in [9.17, 15) is 14.0 Å². The Kier molecular flexibility index (Phi) is 7.36. The highest BCUT2D eigenvalue weighted by Crippen LogP contribution is 2.14. The van der Waals surface area contributed by atoms with Crippen molar-refractivity contribution >= 4 is 11.8 Å². The van der Waals surface area contributed by atoms with Crippen molar-refractivity contribution in [1.82, 2.24) is 15.5 Å². The van der Waals surface area contributed by atoms with Gasteiger partial charge in [-0.2, -0.15) is 0 Å². The first-order valence-corrected chi connectivity index (χ1v) is 10.1. The zero-order chi connectivity index (χ0) is 20.6. The molecule has 0 unspecified atom stereocenters. The monoisotopic (exact) mass is 397 g/mol. The van der Waals surface area contributed by atoms with Crippen LogP contribution in [0.15, 0.2) is 48.5 Å². The van der Waals surface area contributed by atoms with Crippen molar-refractivity contribution in [3.63, 3.8) is 0 Å². The molecule has 2 aromatic rings. The van der Waals surface area contributed by atoms with Crippen LogP contribution in [0.1, 0.15) is 29.5 Å². The molecule has 29 heavy (non-hydrogen) atoms. The van der Waals surface area contributed by atoms with E-state index in [4.69, 9.17) is 0 Å². The predicted molar refractivity (Wildman–Crippen MR) is 111 cm³/mol. The number of carbonyl (C=O) groups is 2. The SMILES string of the molecule is Cc1cccc(CN2CCC(NC(=O)CNC(=O)Cc3cccc(F)c3)CC2)c1. The Morgan fingerprint density at radius 2 is 1.76 bits per heavy atom. The number of piperidine rings is 1. The molecule has 6 heteroatoms. The third-order valence-electron chi connectivity index (χ3n) is 5.14. The largest absolute Gasteiger partial charge is 0.352 e. The van der Waals surface area contributed by atoms with Crippen molar-refractivity contribution in [1.29, 1.82) is 0 Å². The second-order valence-corrected chi connectivity index (χ2v) is 7.69. The van der Waals surface area contributed by atoms with E-state index in [0.29, 0.717) is 5.56 Å². The Labute approximate surface area is 171 Å². The van der Waals surface area contributed by atoms with Crippen molar-refractivity contribution < 1.29 is 14.0 Å². The Morgan fingerprint density at radius 1 is 1.03 bits per heavy atom. The third-order valence-corrected chi connectivity index (χ3v) is 5.14. The number of hydrogen-bond acceptors (Lipinski definition) is 3. The van der Waals surface area contributed by atoms with E-state index in [2.05, 4.69) is 46.7 Å². The predicted octanol–water partition coefficient (Wildman–Crippen LogP) is 2.57. The van der Waals surface area contributed by atoms with Gasteiger partial charge in [0, 0.05) is 25.7 Å². The van der Waals surface area contributed by atoms with Crippen LogP contribution >= 0.6 is 0 Å². The minimum atomic E-state index is -0.373. The van der Waals surface area contributed by atoms with Gasteiger partial charge in [0.05, 0.1) is 13.0 Å². The van der Waals surface area contributed by atoms with Crippen LogP contribution in [0.3, 0.4) is 0 Å². The van der Waals surface area contributed by atoms with E-state index in [1.54, 1.807) is 12.1 Å². The average molecular weight is 397 g/mol. The smallest absolute Gasteiger partial charge is 0.239 e. The molecule has 2 amide bonds. The van der Waals surface area contributed by atoms with E-state index in [1.165, 1.54) is 23.3 Å². The second-order valence-electron chi connectivity index (χ2n) is 7.69. The molecule has 0 atom stereocenters. The van der Waals surface area contributed by atoms with Crippen LogP contribution in [0.25, 0.3) is 0 Å². The van der Waals surface area contributed by atoms with Gasteiger partial charge in [0.2, 0.25) is 11.8 Å². The summed E-state index contributed by atoms with van der Waals surface area (Å²) in [6, 6.07) is 14.6. The van der Waals surface area contributed by atoms with Gasteiger partial charge in [0.15, 0.2) is 0 Å². The third kappa shape index (κ3) is 6.98. The van der Waals surface area contributed by atoms with Crippen LogP contribution in [-0.2, 0) is 22.6 Å². The maximum Gasteiger partial charge on any atom is 0.239 e. The second kappa shape index (κ2) is 10.2. The molecule has 0 aromatic heterocycles. The minimum Gasteiger partial charge on any atom is -0.352 e. The first kappa shape index (κ1) is 21.0. The minimum absolute atomic E-state index is 0.0579. The van der Waals surface area contributed by atoms with E-state index < -0.39 is 0 Å². The van der Waals surface area contributed by atoms with Crippen LogP contribution in [0.5, 0.6) is 0 Å². The normalized spacial score (nSPS) is 15.1. The summed E-state index contributed by atoms with van der Waals surface area (Å²) < 4.78 is 13.2. The highest BCUT2D eigenvalue weighted by Gasteiger charge is 2.21. The van der Waals surface area contributed by atoms with Gasteiger partial charge in [-0.1, -0.05) is 42.0 Å². The summed E-state index contributed by atoms with van der Waals surface area (Å²) in [6.07, 6.45) is 1.85. The van der Waals surface area contributed by atoms with E-state index >= 15 is 0 Å². The zero-order valence-electron chi connectivity index (χ0n) is 16.8. The summed E-state index contributed by atoms with van der Waals surface area (Å²) in [5.74, 6) is -0.852. The Morgan fingerprint density at radius 3 is 2.48 bits per heavy atom. The fraction of sp³-hybridized carbons (Fsp3) is 0.391. The van der Waals surface area contributed by atoms with Gasteiger partial charge < -0.3 is 10.6 Å². The van der Waals surface area contributed by atoms with Crippen LogP contribution in [0.2, 0.25) is 0 Å². The molecule has 0 saturated carbocycles. The molecular weight excluding hydrogens is 369 g/mol. The summed E-state index contributed by atoms with van der Waals surface area (Å²) in [6.45, 7) is 4.84. The molecule has 0 aliphatic carbocycles. The number of halogens is 1. The van der Waals surface area contributed by atoms with Crippen molar-refractivity contribution in [2.45, 2.75) is 38.8 Å². The number of hydrogen-bond donors (Lipinski definition) is 2. The lowest BCUT2D eigenvalue weighted by Crippen LogP contribution is -2.47. The van der Waals surface area contributed by atoms with Crippen LogP contribution in [0, 0.1) is 12.7 Å². The number of aryl methyl sites for hydroxylation is 1. The Hall–Kier alpha value is -2.73. The molecule has 1 aliphatic heterocycles. The van der Waals surface area contributed by atoms with E-state index in [-0.39, 0.29) is 36.6 Å². The van der Waals surface area contributed by atoms with Gasteiger partial charge >= 0.3 is 0 Å². The van der Waals surface area contributed by atoms with Crippen molar-refractivity contribution in [3.8, 4) is 0 Å². The Balaban J connectivity index is 1.34. The zero-order valence-corrected chi connectivity index (χ0v) is 16.8. The highest BCUT2D eigenvalue weighted by molar-refractivity contribution is 5.85. The number of benzene rings is 2. The van der Waals surface area contributed by atoms with Crippen molar-refractivity contribution in [2.24, 2.45) is 0 Å². The average Bonchev–Trinajstić information content (AvgIpc) is 2.68. The van der Waals surface area contributed by atoms with Gasteiger partial charge in [-0.15, -0.1) is 0 Å². The number of nitrogens with one attached hydrogen (secondary N) is 2. The van der Waals surface area contributed by atoms with Gasteiger partial charge in [-0.25, -0.2) is 4.39 Å². The molecular formula is C23H28FN3O2. The number of likely N-dealkylation sites (tertiary alicyclic amines) is 1. The number of amides is 2. The first-order chi connectivity index (χ1) is 14.0. The molecule has 3 rings (SSSR count). The van der Waals surface area contributed by atoms with E-state index in [1.807, 2.05) is 0 Å². The molecule has 2 aromatic carbocycles. The lowest BCUT2D eigenvalue weighted by molar-refractivity contribution is -0.126. The van der Waals surface area contributed by atoms with Crippen molar-refractivity contribution in [3.05, 3.63) is 71.0 Å². The topological polar surface area (TPSA) is 61.4 Å². The number of nitrogens with zero attached hydrogens (tertiary/aromatic N) is 1. The van der Waals surface area contributed by atoms with Crippen molar-refractivity contribution in [2.75, 3.05) is 19.6 Å². The van der Waals surface area contributed by atoms with Gasteiger partial charge in [-0.05, 0) is 43.0 Å². The molecule has 0 spiro atoms. The first-order valence-electron chi connectivity index (χ1n) is 10.1. The van der Waals surface area contributed by atoms with Crippen LogP contribution in [-0.4, -0.2) is 42.4 Å². The van der Waals surface area contributed by atoms with Gasteiger partial charge in [-0.3, -0.25) is 14.5 Å². The summed E-state index contributed by atoms with van der Waals surface area (Å²) in [5.41, 5.74) is 3.17. The van der Waals surface area contributed by atoms with Gasteiger partial charge in [0.25, 0.3) is 0 Å².